The molecule has 0 saturated carbocycles. The number of hydrogen-bond acceptors (Lipinski definition) is 0. The van der Waals surface area contributed by atoms with Crippen LogP contribution in [0, 0.1) is 0 Å². The van der Waals surface area contributed by atoms with Gasteiger partial charge in [-0.05, 0) is 0 Å². The molecule has 53 valence electrons. The second-order valence-corrected chi connectivity index (χ2v) is 202. The van der Waals surface area contributed by atoms with Gasteiger partial charge in [0.1, 0.15) is 0 Å². The molecular weight excluding hydrogens is 980 g/mol. The zero-order valence-corrected chi connectivity index (χ0v) is 29.7. The van der Waals surface area contributed by atoms with Gasteiger partial charge in [-0.25, -0.2) is 0 Å². The molecule has 0 saturated heterocycles. The van der Waals surface area contributed by atoms with Crippen LogP contribution in [0.5, 0.6) is 0 Å². The van der Waals surface area contributed by atoms with Gasteiger partial charge in [-0.2, -0.15) is 0 Å². The molecule has 10 heavy (non-hydrogen) atoms. The Kier molecular flexibility index (Phi) is 27.5. The largest absolute Gasteiger partial charge is 1.00 e. The molecule has 0 aliphatic rings. The first-order valence-corrected chi connectivity index (χ1v) is 31.8. The van der Waals surface area contributed by atoms with Gasteiger partial charge in [0.15, 0.2) is 0 Å². The summed E-state index contributed by atoms with van der Waals surface area (Å²) in [5.74, 6) is 0. The van der Waals surface area contributed by atoms with Crippen molar-refractivity contribution in [2.75, 3.05) is 0 Å². The quantitative estimate of drug-likeness (QED) is 0.174. The average Bonchev–Trinajstić information content (AvgIpc) is 0.592. The van der Waals surface area contributed by atoms with Crippen LogP contribution in [0.25, 0.3) is 0 Å². The molecular formula is I6K3Ru. The molecule has 0 atom stereocenters. The fraction of sp³-hybridized carbons (Fsp3) is 0. The summed E-state index contributed by atoms with van der Waals surface area (Å²) < 4.78 is -2.23. The van der Waals surface area contributed by atoms with E-state index in [2.05, 4.69) is 119 Å². The molecule has 0 fully saturated rings. The summed E-state index contributed by atoms with van der Waals surface area (Å²) in [6.07, 6.45) is 0. The summed E-state index contributed by atoms with van der Waals surface area (Å²) in [6.45, 7) is 0. The number of hydrogen-bond donors (Lipinski definition) is 0. The molecule has 0 aliphatic heterocycles. The summed E-state index contributed by atoms with van der Waals surface area (Å²) in [4.78, 5) is 0. The van der Waals surface area contributed by atoms with E-state index in [1.54, 1.807) is 0 Å². The van der Waals surface area contributed by atoms with Crippen LogP contribution < -0.4 is 154 Å². The van der Waals surface area contributed by atoms with Crippen LogP contribution in [-0.2, 0) is -8.66 Å². The number of rotatable bonds is 0. The minimum atomic E-state index is -2.23. The van der Waals surface area contributed by atoms with Gasteiger partial charge in [0.2, 0.25) is 0 Å². The van der Waals surface area contributed by atoms with Crippen molar-refractivity contribution in [3.8, 4) is 0 Å². The molecule has 0 aromatic heterocycles. The van der Waals surface area contributed by atoms with Crippen molar-refractivity contribution in [1.29, 1.82) is 0 Å². The molecule has 0 aromatic rings. The molecule has 0 N–H and O–H groups in total. The van der Waals surface area contributed by atoms with E-state index in [1.807, 2.05) is 0 Å². The molecule has 0 heterocycles. The van der Waals surface area contributed by atoms with Crippen LogP contribution >= 0.6 is 119 Å². The van der Waals surface area contributed by atoms with Crippen LogP contribution in [0.4, 0.5) is 0 Å². The maximum absolute atomic E-state index is 2.56. The van der Waals surface area contributed by atoms with Crippen molar-refractivity contribution in [2.24, 2.45) is 0 Å². The fourth-order valence-corrected chi connectivity index (χ4v) is 0. The maximum Gasteiger partial charge on any atom is 1.00 e. The second kappa shape index (κ2) is 9.78. The van der Waals surface area contributed by atoms with E-state index in [9.17, 15) is 0 Å². The summed E-state index contributed by atoms with van der Waals surface area (Å²) in [5.41, 5.74) is 0. The summed E-state index contributed by atoms with van der Waals surface area (Å²) in [6, 6.07) is 0. The van der Waals surface area contributed by atoms with E-state index < -0.39 is -8.66 Å². The average molecular weight is 980 g/mol. The Morgan fingerprint density at radius 1 is 0.500 bits per heavy atom. The third-order valence-electron chi connectivity index (χ3n) is 0. The van der Waals surface area contributed by atoms with Crippen molar-refractivity contribution in [3.05, 3.63) is 0 Å². The molecule has 0 radical (unpaired) electrons. The van der Waals surface area contributed by atoms with E-state index in [4.69, 9.17) is 0 Å². The predicted molar refractivity (Wildman–Crippen MR) is 84.1 cm³/mol. The molecule has 0 aromatic carbocycles. The Morgan fingerprint density at radius 2 is 0.500 bits per heavy atom. The third kappa shape index (κ3) is 52.1. The Labute approximate surface area is 252 Å². The zero-order chi connectivity index (χ0) is 6.41. The minimum Gasteiger partial charge on any atom is 1.00 e. The van der Waals surface area contributed by atoms with Gasteiger partial charge in [0.25, 0.3) is 0 Å². The topological polar surface area (TPSA) is 0 Å². The van der Waals surface area contributed by atoms with Crippen LogP contribution in [0.15, 0.2) is 0 Å². The van der Waals surface area contributed by atoms with Crippen LogP contribution in [-0.4, -0.2) is 0 Å². The fourth-order valence-electron chi connectivity index (χ4n) is 0. The first-order valence-electron chi connectivity index (χ1n) is 0.802. The van der Waals surface area contributed by atoms with Crippen molar-refractivity contribution in [2.45, 2.75) is 0 Å². The van der Waals surface area contributed by atoms with Crippen LogP contribution in [0.1, 0.15) is 0 Å². The van der Waals surface area contributed by atoms with Gasteiger partial charge in [0.05, 0.1) is 0 Å². The Hall–Kier alpha value is 9.91. The van der Waals surface area contributed by atoms with E-state index in [0.717, 1.165) is 0 Å². The van der Waals surface area contributed by atoms with Gasteiger partial charge >= 0.3 is 264 Å². The van der Waals surface area contributed by atoms with E-state index in [-0.39, 0.29) is 154 Å². The first kappa shape index (κ1) is 28.1. The van der Waals surface area contributed by atoms with Gasteiger partial charge in [-0.15, -0.1) is 0 Å². The molecule has 0 unspecified atom stereocenters. The Morgan fingerprint density at radius 3 is 0.500 bits per heavy atom. The van der Waals surface area contributed by atoms with Crippen LogP contribution in [0.3, 0.4) is 0 Å². The number of halogens is 6. The van der Waals surface area contributed by atoms with Gasteiger partial charge < -0.3 is 0 Å². The minimum absolute atomic E-state index is 0. The summed E-state index contributed by atoms with van der Waals surface area (Å²) in [5, 5.41) is 0. The molecule has 0 nitrogen and oxygen atoms in total. The Bertz CT molecular complexity index is 71.6. The van der Waals surface area contributed by atoms with Gasteiger partial charge in [0, 0.05) is 0 Å². The van der Waals surface area contributed by atoms with Crippen molar-refractivity contribution in [1.82, 2.24) is 0 Å². The van der Waals surface area contributed by atoms with Crippen LogP contribution in [0.2, 0.25) is 0 Å². The molecule has 0 spiro atoms. The predicted octanol–water partition coefficient (Wildman–Crippen LogP) is -3.68. The van der Waals surface area contributed by atoms with Gasteiger partial charge in [-0.1, -0.05) is 0 Å². The molecule has 0 amide bonds. The monoisotopic (exact) mass is 980 g/mol. The smallest absolute Gasteiger partial charge is 1.00 e. The zero-order valence-electron chi connectivity index (χ0n) is 5.62. The maximum atomic E-state index is 2.56. The third-order valence-corrected chi connectivity index (χ3v) is 0. The molecule has 0 aliphatic carbocycles. The molecule has 0 rings (SSSR count). The summed E-state index contributed by atoms with van der Waals surface area (Å²) in [7, 11) is 0. The Balaban J connectivity index is -0.0000000600. The van der Waals surface area contributed by atoms with Gasteiger partial charge in [-0.3, -0.25) is 0 Å². The van der Waals surface area contributed by atoms with Crippen molar-refractivity contribution >= 4 is 119 Å². The van der Waals surface area contributed by atoms with Crippen molar-refractivity contribution in [3.63, 3.8) is 0 Å². The summed E-state index contributed by atoms with van der Waals surface area (Å²) >= 11 is 15.3. The van der Waals surface area contributed by atoms with E-state index in [0.29, 0.717) is 0 Å². The van der Waals surface area contributed by atoms with Crippen molar-refractivity contribution < 1.29 is 145 Å². The standard InChI is InChI=1S/6HI.3K.Ru/h6*1H;;;;/q;;;;;;3*+1;+3/p-6. The normalized spacial score (nSPS) is 16.2. The SMILES string of the molecule is [I][Ru-3]([I])([I])([I])([I])[I].[K+].[K+].[K+]. The first-order chi connectivity index (χ1) is 2.45. The van der Waals surface area contributed by atoms with E-state index in [1.165, 1.54) is 0 Å². The molecule has 10 heteroatoms. The second-order valence-electron chi connectivity index (χ2n) is 0.758. The molecule has 0 bridgehead atoms. The van der Waals surface area contributed by atoms with E-state index >= 15 is 0 Å².